The van der Waals surface area contributed by atoms with Gasteiger partial charge in [0.05, 0.1) is 0 Å². The van der Waals surface area contributed by atoms with Gasteiger partial charge in [-0.25, -0.2) is 21.6 Å². The Hall–Kier alpha value is -1.12. The van der Waals surface area contributed by atoms with Gasteiger partial charge in [0.1, 0.15) is 4.90 Å². The Kier molecular flexibility index (Phi) is 3.84. The third-order valence-electron chi connectivity index (χ3n) is 3.20. The highest BCUT2D eigenvalue weighted by atomic mass is 32.2. The highest BCUT2D eigenvalue weighted by Gasteiger charge is 2.34. The van der Waals surface area contributed by atoms with Crippen molar-refractivity contribution in [3.8, 4) is 0 Å². The molecule has 19 heavy (non-hydrogen) atoms. The van der Waals surface area contributed by atoms with Crippen molar-refractivity contribution < 1.29 is 21.6 Å². The average molecular weight is 294 g/mol. The second-order valence-electron chi connectivity index (χ2n) is 4.43. The quantitative estimate of drug-likeness (QED) is 0.848. The summed E-state index contributed by atoms with van der Waals surface area (Å²) >= 11 is 0. The summed E-state index contributed by atoms with van der Waals surface area (Å²) < 4.78 is 64.8. The number of rotatable bonds is 3. The minimum atomic E-state index is -4.16. The summed E-state index contributed by atoms with van der Waals surface area (Å²) in [5, 5.41) is 0. The molecule has 0 spiro atoms. The molecule has 8 heteroatoms. The van der Waals surface area contributed by atoms with Gasteiger partial charge in [-0.15, -0.1) is 0 Å². The van der Waals surface area contributed by atoms with Crippen LogP contribution >= 0.6 is 0 Å². The number of nitrogens with two attached hydrogens (primary N) is 1. The first-order valence-electron chi connectivity index (χ1n) is 5.71. The lowest BCUT2D eigenvalue weighted by atomic mass is 10.1. The highest BCUT2D eigenvalue weighted by Crippen LogP contribution is 2.27. The van der Waals surface area contributed by atoms with Crippen LogP contribution in [0.1, 0.15) is 6.42 Å². The summed E-state index contributed by atoms with van der Waals surface area (Å²) in [7, 11) is -4.16. The molecule has 1 aromatic carbocycles. The van der Waals surface area contributed by atoms with Gasteiger partial charge < -0.3 is 5.73 Å². The molecule has 0 bridgehead atoms. The van der Waals surface area contributed by atoms with Crippen LogP contribution in [-0.4, -0.2) is 32.4 Å². The van der Waals surface area contributed by atoms with E-state index in [2.05, 4.69) is 0 Å². The molecule has 1 fully saturated rings. The van der Waals surface area contributed by atoms with Gasteiger partial charge in [0.25, 0.3) is 0 Å². The minimum Gasteiger partial charge on any atom is -0.330 e. The van der Waals surface area contributed by atoms with Crippen molar-refractivity contribution in [1.82, 2.24) is 4.31 Å². The van der Waals surface area contributed by atoms with Crippen molar-refractivity contribution >= 4 is 10.0 Å². The SMILES string of the molecule is NC[C@@H]1CCN(S(=O)(=O)c2ccc(F)c(F)c2F)C1. The lowest BCUT2D eigenvalue weighted by Crippen LogP contribution is -2.30. The molecule has 2 rings (SSSR count). The van der Waals surface area contributed by atoms with E-state index in [9.17, 15) is 21.6 Å². The first-order chi connectivity index (χ1) is 8.87. The summed E-state index contributed by atoms with van der Waals surface area (Å²) in [5.41, 5.74) is 5.45. The maximum atomic E-state index is 13.5. The van der Waals surface area contributed by atoms with E-state index in [1.165, 1.54) is 0 Å². The molecule has 0 amide bonds. The molecule has 0 unspecified atom stereocenters. The molecule has 0 saturated carbocycles. The fourth-order valence-electron chi connectivity index (χ4n) is 2.05. The Morgan fingerprint density at radius 1 is 1.26 bits per heavy atom. The Labute approximate surface area is 109 Å². The number of sulfonamides is 1. The molecule has 2 N–H and O–H groups in total. The van der Waals surface area contributed by atoms with Crippen molar-refractivity contribution in [2.75, 3.05) is 19.6 Å². The Balaban J connectivity index is 2.38. The number of nitrogens with zero attached hydrogens (tertiary/aromatic N) is 1. The standard InChI is InChI=1S/C11H13F3N2O2S/c12-8-1-2-9(11(14)10(8)13)19(17,18)16-4-3-7(5-15)6-16/h1-2,7H,3-6,15H2/t7-/m0/s1. The van der Waals surface area contributed by atoms with Crippen molar-refractivity contribution in [3.63, 3.8) is 0 Å². The molecule has 4 nitrogen and oxygen atoms in total. The topological polar surface area (TPSA) is 63.4 Å². The average Bonchev–Trinajstić information content (AvgIpc) is 2.85. The van der Waals surface area contributed by atoms with E-state index in [4.69, 9.17) is 5.73 Å². The Morgan fingerprint density at radius 2 is 1.95 bits per heavy atom. The van der Waals surface area contributed by atoms with Gasteiger partial charge >= 0.3 is 0 Å². The fourth-order valence-corrected chi connectivity index (χ4v) is 3.64. The summed E-state index contributed by atoms with van der Waals surface area (Å²) in [6.07, 6.45) is 0.570. The van der Waals surface area contributed by atoms with Crippen LogP contribution in [0, 0.1) is 23.4 Å². The number of halogens is 3. The van der Waals surface area contributed by atoms with Crippen LogP contribution in [-0.2, 0) is 10.0 Å². The lowest BCUT2D eigenvalue weighted by Gasteiger charge is -2.17. The zero-order chi connectivity index (χ0) is 14.2. The number of hydrogen-bond donors (Lipinski definition) is 1. The minimum absolute atomic E-state index is 0.00290. The predicted octanol–water partition coefficient (Wildman–Crippen LogP) is 1.07. The largest absolute Gasteiger partial charge is 0.330 e. The highest BCUT2D eigenvalue weighted by molar-refractivity contribution is 7.89. The maximum absolute atomic E-state index is 13.5. The van der Waals surface area contributed by atoms with Crippen molar-refractivity contribution in [1.29, 1.82) is 0 Å². The molecule has 1 saturated heterocycles. The van der Waals surface area contributed by atoms with Crippen LogP contribution in [0.3, 0.4) is 0 Å². The van der Waals surface area contributed by atoms with E-state index >= 15 is 0 Å². The molecular weight excluding hydrogens is 281 g/mol. The molecule has 0 radical (unpaired) electrons. The van der Waals surface area contributed by atoms with Crippen molar-refractivity contribution in [3.05, 3.63) is 29.6 Å². The Bertz CT molecular complexity index is 592. The zero-order valence-electron chi connectivity index (χ0n) is 9.94. The molecule has 1 aliphatic heterocycles. The van der Waals surface area contributed by atoms with Gasteiger partial charge in [-0.05, 0) is 31.0 Å². The van der Waals surface area contributed by atoms with Crippen molar-refractivity contribution in [2.24, 2.45) is 11.7 Å². The van der Waals surface area contributed by atoms with Crippen LogP contribution in [0.25, 0.3) is 0 Å². The number of benzene rings is 1. The smallest absolute Gasteiger partial charge is 0.246 e. The Morgan fingerprint density at radius 3 is 2.53 bits per heavy atom. The van der Waals surface area contributed by atoms with Crippen molar-refractivity contribution in [2.45, 2.75) is 11.3 Å². The third-order valence-corrected chi connectivity index (χ3v) is 5.08. The van der Waals surface area contributed by atoms with Crippen LogP contribution < -0.4 is 5.73 Å². The molecule has 0 aliphatic carbocycles. The van der Waals surface area contributed by atoms with Crippen LogP contribution in [0.15, 0.2) is 17.0 Å². The molecular formula is C11H13F3N2O2S. The second-order valence-corrected chi connectivity index (χ2v) is 6.33. The van der Waals surface area contributed by atoms with Gasteiger partial charge in [0.15, 0.2) is 17.5 Å². The van der Waals surface area contributed by atoms with Crippen LogP contribution in [0.4, 0.5) is 13.2 Å². The molecule has 1 atom stereocenters. The van der Waals surface area contributed by atoms with E-state index < -0.39 is 32.4 Å². The van der Waals surface area contributed by atoms with Gasteiger partial charge in [-0.3, -0.25) is 0 Å². The first-order valence-corrected chi connectivity index (χ1v) is 7.15. The van der Waals surface area contributed by atoms with Crippen LogP contribution in [0.2, 0.25) is 0 Å². The fraction of sp³-hybridized carbons (Fsp3) is 0.455. The molecule has 106 valence electrons. The second kappa shape index (κ2) is 5.10. The molecule has 1 aromatic rings. The summed E-state index contributed by atoms with van der Waals surface area (Å²) in [5.74, 6) is -4.88. The lowest BCUT2D eigenvalue weighted by molar-refractivity contribution is 0.420. The predicted molar refractivity (Wildman–Crippen MR) is 62.2 cm³/mol. The van der Waals surface area contributed by atoms with Gasteiger partial charge in [-0.1, -0.05) is 0 Å². The van der Waals surface area contributed by atoms with Crippen LogP contribution in [0.5, 0.6) is 0 Å². The van der Waals surface area contributed by atoms with Gasteiger partial charge in [-0.2, -0.15) is 4.31 Å². The zero-order valence-corrected chi connectivity index (χ0v) is 10.8. The molecule has 1 heterocycles. The van der Waals surface area contributed by atoms with Gasteiger partial charge in [0.2, 0.25) is 10.0 Å². The van der Waals surface area contributed by atoms with E-state index in [-0.39, 0.29) is 19.0 Å². The van der Waals surface area contributed by atoms with Gasteiger partial charge in [0, 0.05) is 13.1 Å². The first kappa shape index (κ1) is 14.3. The monoisotopic (exact) mass is 294 g/mol. The summed E-state index contributed by atoms with van der Waals surface area (Å²) in [6.45, 7) is 0.687. The van der Waals surface area contributed by atoms with E-state index in [0.29, 0.717) is 19.0 Å². The molecule has 1 aliphatic rings. The summed E-state index contributed by atoms with van der Waals surface area (Å²) in [6, 6.07) is 1.33. The molecule has 0 aromatic heterocycles. The van der Waals surface area contributed by atoms with E-state index in [1.807, 2.05) is 0 Å². The number of hydrogen-bond acceptors (Lipinski definition) is 3. The van der Waals surface area contributed by atoms with E-state index in [1.54, 1.807) is 0 Å². The normalized spacial score (nSPS) is 20.9. The maximum Gasteiger partial charge on any atom is 0.246 e. The summed E-state index contributed by atoms with van der Waals surface area (Å²) in [4.78, 5) is -0.843. The van der Waals surface area contributed by atoms with E-state index in [0.717, 1.165) is 10.4 Å². The third kappa shape index (κ3) is 2.47.